The summed E-state index contributed by atoms with van der Waals surface area (Å²) < 4.78 is 0. The molecule has 0 N–H and O–H groups in total. The molecule has 4 heteroatoms. The van der Waals surface area contributed by atoms with Gasteiger partial charge >= 0.3 is 0 Å². The molecule has 2 aromatic rings. The third kappa shape index (κ3) is 2.41. The summed E-state index contributed by atoms with van der Waals surface area (Å²) in [6.45, 7) is 6.46. The summed E-state index contributed by atoms with van der Waals surface area (Å²) in [4.78, 5) is 10.1. The highest BCUT2D eigenvalue weighted by Gasteiger charge is 2.14. The maximum Gasteiger partial charge on any atom is 0.125 e. The lowest BCUT2D eigenvalue weighted by molar-refractivity contribution is 0.817. The van der Waals surface area contributed by atoms with E-state index in [1.165, 1.54) is 10.6 Å². The van der Waals surface area contributed by atoms with Gasteiger partial charge in [-0.1, -0.05) is 20.8 Å². The molecule has 0 aliphatic rings. The highest BCUT2D eigenvalue weighted by atomic mass is 32.1. The fourth-order valence-corrected chi connectivity index (χ4v) is 2.95. The minimum absolute atomic E-state index is 0.428. The van der Waals surface area contributed by atoms with Crippen LogP contribution in [0.15, 0.2) is 18.5 Å². The molecule has 0 amide bonds. The van der Waals surface area contributed by atoms with Crippen LogP contribution in [-0.4, -0.2) is 9.97 Å². The maximum absolute atomic E-state index is 8.90. The Morgan fingerprint density at radius 3 is 2.72 bits per heavy atom. The predicted molar refractivity (Wildman–Crippen MR) is 73.5 cm³/mol. The number of aromatic nitrogens is 2. The normalized spacial score (nSPS) is 10.6. The molecule has 0 aromatic carbocycles. The lowest BCUT2D eigenvalue weighted by Crippen LogP contribution is -1.92. The van der Waals surface area contributed by atoms with Crippen molar-refractivity contribution in [3.63, 3.8) is 0 Å². The van der Waals surface area contributed by atoms with E-state index in [1.54, 1.807) is 23.7 Å². The summed E-state index contributed by atoms with van der Waals surface area (Å²) in [5.41, 5.74) is 2.67. The van der Waals surface area contributed by atoms with Crippen LogP contribution in [0.25, 0.3) is 10.6 Å². The zero-order chi connectivity index (χ0) is 13.1. The van der Waals surface area contributed by atoms with Crippen molar-refractivity contribution in [3.8, 4) is 16.6 Å². The molecular formula is C14H15N3S. The first-order valence-electron chi connectivity index (χ1n) is 6.00. The lowest BCUT2D eigenvalue weighted by atomic mass is 10.1. The van der Waals surface area contributed by atoms with Crippen molar-refractivity contribution in [2.24, 2.45) is 0 Å². The van der Waals surface area contributed by atoms with E-state index in [2.05, 4.69) is 31.8 Å². The van der Waals surface area contributed by atoms with Gasteiger partial charge < -0.3 is 0 Å². The molecule has 0 saturated carbocycles. The fraction of sp³-hybridized carbons (Fsp3) is 0.357. The van der Waals surface area contributed by atoms with Crippen LogP contribution in [0.3, 0.4) is 0 Å². The molecule has 0 unspecified atom stereocenters. The highest BCUT2D eigenvalue weighted by Crippen LogP contribution is 2.31. The van der Waals surface area contributed by atoms with E-state index >= 15 is 0 Å². The number of aryl methyl sites for hydroxylation is 1. The van der Waals surface area contributed by atoms with Gasteiger partial charge in [0.1, 0.15) is 11.1 Å². The van der Waals surface area contributed by atoms with Crippen molar-refractivity contribution < 1.29 is 0 Å². The Labute approximate surface area is 111 Å². The summed E-state index contributed by atoms with van der Waals surface area (Å²) in [6.07, 6.45) is 4.33. The molecule has 92 valence electrons. The lowest BCUT2D eigenvalue weighted by Gasteiger charge is -2.01. The Kier molecular flexibility index (Phi) is 3.73. The van der Waals surface area contributed by atoms with Gasteiger partial charge in [-0.25, -0.2) is 4.98 Å². The van der Waals surface area contributed by atoms with E-state index < -0.39 is 0 Å². The van der Waals surface area contributed by atoms with E-state index in [1.807, 2.05) is 6.07 Å². The predicted octanol–water partition coefficient (Wildman–Crippen LogP) is 3.76. The molecule has 0 radical (unpaired) electrons. The molecule has 2 heterocycles. The molecular weight excluding hydrogens is 242 g/mol. The number of hydrogen-bond acceptors (Lipinski definition) is 4. The minimum atomic E-state index is 0.428. The zero-order valence-electron chi connectivity index (χ0n) is 10.8. The second-order valence-electron chi connectivity index (χ2n) is 4.41. The van der Waals surface area contributed by atoms with Crippen molar-refractivity contribution >= 4 is 11.3 Å². The Hall–Kier alpha value is -1.73. The molecule has 0 saturated heterocycles. The van der Waals surface area contributed by atoms with Crippen LogP contribution < -0.4 is 0 Å². The van der Waals surface area contributed by atoms with Gasteiger partial charge in [0.15, 0.2) is 0 Å². The first-order valence-corrected chi connectivity index (χ1v) is 6.82. The van der Waals surface area contributed by atoms with Gasteiger partial charge in [0, 0.05) is 22.8 Å². The Morgan fingerprint density at radius 1 is 1.39 bits per heavy atom. The van der Waals surface area contributed by atoms with Crippen molar-refractivity contribution in [3.05, 3.63) is 34.6 Å². The smallest absolute Gasteiger partial charge is 0.125 e. The van der Waals surface area contributed by atoms with Crippen LogP contribution in [0.5, 0.6) is 0 Å². The molecule has 0 fully saturated rings. The van der Waals surface area contributed by atoms with E-state index in [0.29, 0.717) is 11.5 Å². The summed E-state index contributed by atoms with van der Waals surface area (Å²) in [5.74, 6) is 0.428. The van der Waals surface area contributed by atoms with Gasteiger partial charge in [0.25, 0.3) is 0 Å². The third-order valence-corrected chi connectivity index (χ3v) is 3.97. The average molecular weight is 257 g/mol. The zero-order valence-corrected chi connectivity index (χ0v) is 11.6. The monoisotopic (exact) mass is 257 g/mol. The van der Waals surface area contributed by atoms with Crippen molar-refractivity contribution in [2.75, 3.05) is 0 Å². The summed E-state index contributed by atoms with van der Waals surface area (Å²) in [7, 11) is 0. The SMILES string of the molecule is CCc1sc(-c2cncc(C#N)c2)nc1C(C)C. The fourth-order valence-electron chi connectivity index (χ4n) is 1.81. The molecule has 0 atom stereocenters. The summed E-state index contributed by atoms with van der Waals surface area (Å²) in [6, 6.07) is 3.95. The van der Waals surface area contributed by atoms with E-state index in [4.69, 9.17) is 10.2 Å². The topological polar surface area (TPSA) is 49.6 Å². The molecule has 3 nitrogen and oxygen atoms in total. The molecule has 0 aliphatic carbocycles. The Bertz CT molecular complexity index is 593. The van der Waals surface area contributed by atoms with Crippen LogP contribution >= 0.6 is 11.3 Å². The van der Waals surface area contributed by atoms with Gasteiger partial charge in [0.05, 0.1) is 11.3 Å². The van der Waals surface area contributed by atoms with Crippen molar-refractivity contribution in [1.29, 1.82) is 5.26 Å². The Morgan fingerprint density at radius 2 is 2.17 bits per heavy atom. The molecule has 0 aliphatic heterocycles. The quantitative estimate of drug-likeness (QED) is 0.841. The molecule has 2 rings (SSSR count). The highest BCUT2D eigenvalue weighted by molar-refractivity contribution is 7.15. The maximum atomic E-state index is 8.90. The number of nitriles is 1. The van der Waals surface area contributed by atoms with Gasteiger partial charge in [0.2, 0.25) is 0 Å². The van der Waals surface area contributed by atoms with Crippen molar-refractivity contribution in [1.82, 2.24) is 9.97 Å². The van der Waals surface area contributed by atoms with Crippen LogP contribution in [-0.2, 0) is 6.42 Å². The van der Waals surface area contributed by atoms with Crippen LogP contribution in [0, 0.1) is 11.3 Å². The van der Waals surface area contributed by atoms with Gasteiger partial charge in [-0.05, 0) is 18.4 Å². The summed E-state index contributed by atoms with van der Waals surface area (Å²) >= 11 is 1.70. The van der Waals surface area contributed by atoms with Crippen LogP contribution in [0.2, 0.25) is 0 Å². The molecule has 2 aromatic heterocycles. The van der Waals surface area contributed by atoms with E-state index in [0.717, 1.165) is 17.0 Å². The first-order chi connectivity index (χ1) is 8.65. The minimum Gasteiger partial charge on any atom is -0.263 e. The third-order valence-electron chi connectivity index (χ3n) is 2.71. The molecule has 18 heavy (non-hydrogen) atoms. The van der Waals surface area contributed by atoms with Gasteiger partial charge in [-0.15, -0.1) is 11.3 Å². The molecule has 0 bridgehead atoms. The van der Waals surface area contributed by atoms with Crippen molar-refractivity contribution in [2.45, 2.75) is 33.1 Å². The molecule has 0 spiro atoms. The van der Waals surface area contributed by atoms with Gasteiger partial charge in [-0.2, -0.15) is 5.26 Å². The van der Waals surface area contributed by atoms with E-state index in [9.17, 15) is 0 Å². The number of rotatable bonds is 3. The van der Waals surface area contributed by atoms with E-state index in [-0.39, 0.29) is 0 Å². The second-order valence-corrected chi connectivity index (χ2v) is 5.49. The van der Waals surface area contributed by atoms with Gasteiger partial charge in [-0.3, -0.25) is 4.98 Å². The number of thiazole rings is 1. The average Bonchev–Trinajstić information content (AvgIpc) is 2.83. The number of nitrogens with zero attached hydrogens (tertiary/aromatic N) is 3. The standard InChI is InChI=1S/C14H15N3S/c1-4-12-13(9(2)3)17-14(18-12)11-5-10(6-15)7-16-8-11/h5,7-9H,4H2,1-3H3. The number of hydrogen-bond donors (Lipinski definition) is 0. The second kappa shape index (κ2) is 5.28. The van der Waals surface area contributed by atoms with Crippen LogP contribution in [0.1, 0.15) is 42.8 Å². The largest absolute Gasteiger partial charge is 0.263 e. The number of pyridine rings is 1. The Balaban J connectivity index is 2.48. The summed E-state index contributed by atoms with van der Waals surface area (Å²) in [5, 5.41) is 9.85. The van der Waals surface area contributed by atoms with Crippen LogP contribution in [0.4, 0.5) is 0 Å². The first kappa shape index (κ1) is 12.7.